The molecule has 0 aromatic carbocycles. The van der Waals surface area contributed by atoms with Gasteiger partial charge in [0.2, 0.25) is 0 Å². The molecule has 0 aliphatic carbocycles. The molecule has 0 aromatic rings. The molecule has 3 N–H and O–H groups in total. The van der Waals surface area contributed by atoms with Crippen molar-refractivity contribution in [1.29, 1.82) is 0 Å². The highest BCUT2D eigenvalue weighted by Crippen LogP contribution is 2.45. The average molecular weight is 201 g/mol. The highest BCUT2D eigenvalue weighted by atomic mass is 16.5. The van der Waals surface area contributed by atoms with E-state index < -0.39 is 5.60 Å². The summed E-state index contributed by atoms with van der Waals surface area (Å²) in [5.41, 5.74) is 4.80. The molecule has 1 spiro atoms. The van der Waals surface area contributed by atoms with E-state index in [4.69, 9.17) is 15.2 Å². The second-order valence-electron chi connectivity index (χ2n) is 4.43. The van der Waals surface area contributed by atoms with Crippen LogP contribution in [0.15, 0.2) is 0 Å². The van der Waals surface area contributed by atoms with E-state index in [1.54, 1.807) is 0 Å². The Labute approximate surface area is 84.4 Å². The lowest BCUT2D eigenvalue weighted by atomic mass is 9.65. The zero-order valence-corrected chi connectivity index (χ0v) is 8.50. The predicted octanol–water partition coefficient (Wildman–Crippen LogP) is -0.107. The maximum absolute atomic E-state index is 10.5. The van der Waals surface area contributed by atoms with Gasteiger partial charge < -0.3 is 20.3 Å². The molecule has 2 heterocycles. The third-order valence-corrected chi connectivity index (χ3v) is 3.81. The summed E-state index contributed by atoms with van der Waals surface area (Å²) in [6, 6.07) is 0. The van der Waals surface area contributed by atoms with Gasteiger partial charge >= 0.3 is 0 Å². The van der Waals surface area contributed by atoms with Crippen molar-refractivity contribution < 1.29 is 14.6 Å². The SMILES string of the molecule is NCC1(O)CCOCC12CCOCC2. The molecule has 2 aliphatic rings. The molecule has 2 rings (SSSR count). The van der Waals surface area contributed by atoms with Crippen LogP contribution < -0.4 is 5.73 Å². The zero-order chi connectivity index (χ0) is 10.1. The maximum Gasteiger partial charge on any atom is 0.0870 e. The van der Waals surface area contributed by atoms with E-state index in [1.807, 2.05) is 0 Å². The van der Waals surface area contributed by atoms with Crippen molar-refractivity contribution in [1.82, 2.24) is 0 Å². The minimum absolute atomic E-state index is 0.155. The van der Waals surface area contributed by atoms with Gasteiger partial charge in [0.25, 0.3) is 0 Å². The Balaban J connectivity index is 2.19. The topological polar surface area (TPSA) is 64.7 Å². The average Bonchev–Trinajstić information content (AvgIpc) is 2.24. The van der Waals surface area contributed by atoms with Crippen molar-refractivity contribution in [3.63, 3.8) is 0 Å². The minimum Gasteiger partial charge on any atom is -0.388 e. The van der Waals surface area contributed by atoms with Crippen LogP contribution >= 0.6 is 0 Å². The van der Waals surface area contributed by atoms with Gasteiger partial charge in [0.15, 0.2) is 0 Å². The molecule has 1 unspecified atom stereocenters. The number of hydrogen-bond acceptors (Lipinski definition) is 4. The lowest BCUT2D eigenvalue weighted by molar-refractivity contribution is -0.197. The van der Waals surface area contributed by atoms with E-state index in [0.29, 0.717) is 39.4 Å². The molecule has 14 heavy (non-hydrogen) atoms. The van der Waals surface area contributed by atoms with Crippen molar-refractivity contribution in [2.24, 2.45) is 11.1 Å². The molecule has 2 saturated heterocycles. The molecule has 82 valence electrons. The fraction of sp³-hybridized carbons (Fsp3) is 1.00. The van der Waals surface area contributed by atoms with Gasteiger partial charge in [-0.3, -0.25) is 0 Å². The Bertz CT molecular complexity index is 195. The van der Waals surface area contributed by atoms with Crippen LogP contribution in [0, 0.1) is 5.41 Å². The van der Waals surface area contributed by atoms with E-state index in [-0.39, 0.29) is 5.41 Å². The quantitative estimate of drug-likeness (QED) is 0.621. The summed E-state index contributed by atoms with van der Waals surface area (Å²) in [6.07, 6.45) is 2.38. The predicted molar refractivity (Wildman–Crippen MR) is 51.9 cm³/mol. The van der Waals surface area contributed by atoms with Crippen LogP contribution in [0.3, 0.4) is 0 Å². The van der Waals surface area contributed by atoms with Gasteiger partial charge in [-0.1, -0.05) is 0 Å². The normalized spacial score (nSPS) is 37.3. The van der Waals surface area contributed by atoms with Crippen molar-refractivity contribution in [2.75, 3.05) is 33.0 Å². The summed E-state index contributed by atoms with van der Waals surface area (Å²) in [5.74, 6) is 0. The van der Waals surface area contributed by atoms with Crippen LogP contribution in [0.4, 0.5) is 0 Å². The van der Waals surface area contributed by atoms with Gasteiger partial charge in [-0.2, -0.15) is 0 Å². The molecular weight excluding hydrogens is 182 g/mol. The third-order valence-electron chi connectivity index (χ3n) is 3.81. The van der Waals surface area contributed by atoms with Crippen molar-refractivity contribution in [2.45, 2.75) is 24.9 Å². The lowest BCUT2D eigenvalue weighted by Gasteiger charge is -2.51. The third kappa shape index (κ3) is 1.46. The Hall–Kier alpha value is -0.160. The molecule has 2 fully saturated rings. The molecule has 0 radical (unpaired) electrons. The molecule has 0 saturated carbocycles. The maximum atomic E-state index is 10.5. The van der Waals surface area contributed by atoms with Gasteiger partial charge in [0.1, 0.15) is 0 Å². The van der Waals surface area contributed by atoms with Crippen LogP contribution in [0.1, 0.15) is 19.3 Å². The summed E-state index contributed by atoms with van der Waals surface area (Å²) < 4.78 is 10.8. The number of rotatable bonds is 1. The summed E-state index contributed by atoms with van der Waals surface area (Å²) in [5, 5.41) is 10.5. The first kappa shape index (κ1) is 10.4. The summed E-state index contributed by atoms with van der Waals surface area (Å²) in [6.45, 7) is 3.01. The summed E-state index contributed by atoms with van der Waals surface area (Å²) in [4.78, 5) is 0. The Morgan fingerprint density at radius 3 is 2.36 bits per heavy atom. The van der Waals surface area contributed by atoms with E-state index in [0.717, 1.165) is 12.8 Å². The first-order valence-corrected chi connectivity index (χ1v) is 5.30. The highest BCUT2D eigenvalue weighted by Gasteiger charge is 2.52. The number of ether oxygens (including phenoxy) is 2. The largest absolute Gasteiger partial charge is 0.388 e. The molecule has 4 heteroatoms. The molecular formula is C10H19NO3. The number of hydrogen-bond donors (Lipinski definition) is 2. The van der Waals surface area contributed by atoms with Crippen molar-refractivity contribution in [3.8, 4) is 0 Å². The monoisotopic (exact) mass is 201 g/mol. The van der Waals surface area contributed by atoms with Crippen LogP contribution in [-0.2, 0) is 9.47 Å². The first-order chi connectivity index (χ1) is 6.72. The highest BCUT2D eigenvalue weighted by molar-refractivity contribution is 5.02. The molecule has 4 nitrogen and oxygen atoms in total. The molecule has 2 aliphatic heterocycles. The summed E-state index contributed by atoms with van der Waals surface area (Å²) >= 11 is 0. The van der Waals surface area contributed by atoms with Gasteiger partial charge in [-0.25, -0.2) is 0 Å². The number of nitrogens with two attached hydrogens (primary N) is 1. The van der Waals surface area contributed by atoms with Crippen molar-refractivity contribution in [3.05, 3.63) is 0 Å². The van der Waals surface area contributed by atoms with Crippen LogP contribution in [0.25, 0.3) is 0 Å². The lowest BCUT2D eigenvalue weighted by Crippen LogP contribution is -2.60. The standard InChI is InChI=1S/C10H19NO3/c11-7-10(12)3-6-14-8-9(10)1-4-13-5-2-9/h12H,1-8,11H2. The molecule has 0 aromatic heterocycles. The first-order valence-electron chi connectivity index (χ1n) is 5.30. The minimum atomic E-state index is -0.741. The zero-order valence-electron chi connectivity index (χ0n) is 8.50. The fourth-order valence-electron chi connectivity index (χ4n) is 2.60. The second-order valence-corrected chi connectivity index (χ2v) is 4.43. The van der Waals surface area contributed by atoms with Gasteiger partial charge in [0.05, 0.1) is 12.2 Å². The van der Waals surface area contributed by atoms with E-state index in [2.05, 4.69) is 0 Å². The van der Waals surface area contributed by atoms with E-state index in [1.165, 1.54) is 0 Å². The van der Waals surface area contributed by atoms with Gasteiger partial charge in [-0.05, 0) is 12.8 Å². The van der Waals surface area contributed by atoms with Gasteiger partial charge in [-0.15, -0.1) is 0 Å². The van der Waals surface area contributed by atoms with Crippen LogP contribution in [0.2, 0.25) is 0 Å². The van der Waals surface area contributed by atoms with Crippen molar-refractivity contribution >= 4 is 0 Å². The molecule has 1 atom stereocenters. The van der Waals surface area contributed by atoms with Gasteiger partial charge in [0, 0.05) is 38.2 Å². The van der Waals surface area contributed by atoms with Crippen LogP contribution in [0.5, 0.6) is 0 Å². The smallest absolute Gasteiger partial charge is 0.0870 e. The number of aliphatic hydroxyl groups is 1. The van der Waals surface area contributed by atoms with E-state index >= 15 is 0 Å². The Kier molecular flexibility index (Phi) is 2.79. The Morgan fingerprint density at radius 2 is 1.71 bits per heavy atom. The van der Waals surface area contributed by atoms with E-state index in [9.17, 15) is 5.11 Å². The molecule has 0 amide bonds. The molecule has 0 bridgehead atoms. The summed E-state index contributed by atoms with van der Waals surface area (Å²) in [7, 11) is 0. The second kappa shape index (κ2) is 3.77. The Morgan fingerprint density at radius 1 is 1.07 bits per heavy atom. The van der Waals surface area contributed by atoms with Crippen LogP contribution in [-0.4, -0.2) is 43.7 Å². The fourth-order valence-corrected chi connectivity index (χ4v) is 2.60.